The van der Waals surface area contributed by atoms with Crippen molar-refractivity contribution in [2.75, 3.05) is 19.8 Å². The molecule has 0 saturated carbocycles. The summed E-state index contributed by atoms with van der Waals surface area (Å²) in [6, 6.07) is 7.00. The van der Waals surface area contributed by atoms with Crippen molar-refractivity contribution in [1.29, 1.82) is 0 Å². The van der Waals surface area contributed by atoms with Crippen LogP contribution in [-0.4, -0.2) is 19.8 Å². The van der Waals surface area contributed by atoms with E-state index < -0.39 is 0 Å². The summed E-state index contributed by atoms with van der Waals surface area (Å²) < 4.78 is 5.81. The van der Waals surface area contributed by atoms with E-state index in [9.17, 15) is 0 Å². The van der Waals surface area contributed by atoms with E-state index in [4.69, 9.17) is 4.74 Å². The molecule has 0 spiro atoms. The Hall–Kier alpha value is -0.860. The summed E-state index contributed by atoms with van der Waals surface area (Å²) in [5.41, 5.74) is 4.05. The van der Waals surface area contributed by atoms with Crippen molar-refractivity contribution in [3.8, 4) is 0 Å². The minimum absolute atomic E-state index is 0.317. The molecule has 0 fully saturated rings. The molecule has 0 bridgehead atoms. The Morgan fingerprint density at radius 1 is 1.16 bits per heavy atom. The third-order valence-electron chi connectivity index (χ3n) is 3.37. The molecule has 1 atom stereocenters. The Labute approximate surface area is 118 Å². The molecule has 1 N–H and O–H groups in total. The molecule has 0 aliphatic carbocycles. The van der Waals surface area contributed by atoms with E-state index in [1.165, 1.54) is 23.1 Å². The van der Waals surface area contributed by atoms with Crippen LogP contribution in [0, 0.1) is 13.8 Å². The van der Waals surface area contributed by atoms with Crippen molar-refractivity contribution in [3.05, 3.63) is 34.9 Å². The third-order valence-corrected chi connectivity index (χ3v) is 3.37. The Kier molecular flexibility index (Phi) is 7.76. The zero-order valence-corrected chi connectivity index (χ0v) is 13.0. The van der Waals surface area contributed by atoms with Gasteiger partial charge in [0.1, 0.15) is 0 Å². The zero-order valence-electron chi connectivity index (χ0n) is 13.0. The first-order valence-corrected chi connectivity index (χ1v) is 7.57. The third kappa shape index (κ3) is 5.75. The molecule has 0 saturated heterocycles. The molecule has 0 aliphatic rings. The second-order valence-corrected chi connectivity index (χ2v) is 5.30. The number of aryl methyl sites for hydroxylation is 2. The van der Waals surface area contributed by atoms with E-state index in [0.717, 1.165) is 32.6 Å². The van der Waals surface area contributed by atoms with Gasteiger partial charge in [-0.05, 0) is 44.4 Å². The van der Waals surface area contributed by atoms with Crippen molar-refractivity contribution in [2.24, 2.45) is 0 Å². The largest absolute Gasteiger partial charge is 0.379 e. The van der Waals surface area contributed by atoms with Crippen LogP contribution in [-0.2, 0) is 4.74 Å². The predicted octanol–water partition coefficient (Wildman–Crippen LogP) is 4.16. The van der Waals surface area contributed by atoms with Gasteiger partial charge >= 0.3 is 0 Å². The number of unbranched alkanes of at least 4 members (excludes halogenated alkanes) is 1. The lowest BCUT2D eigenvalue weighted by Crippen LogP contribution is -2.27. The summed E-state index contributed by atoms with van der Waals surface area (Å²) in [6.07, 6.45) is 3.49. The van der Waals surface area contributed by atoms with E-state index in [1.807, 2.05) is 0 Å². The van der Waals surface area contributed by atoms with Gasteiger partial charge in [0, 0.05) is 6.61 Å². The SMILES string of the molecule is CCCCOCC(NCCC)c1ccc(C)cc1C. The summed E-state index contributed by atoms with van der Waals surface area (Å²) in [7, 11) is 0. The van der Waals surface area contributed by atoms with E-state index in [-0.39, 0.29) is 0 Å². The van der Waals surface area contributed by atoms with Crippen LogP contribution in [0.1, 0.15) is 55.8 Å². The lowest BCUT2D eigenvalue weighted by molar-refractivity contribution is 0.109. The molecule has 2 nitrogen and oxygen atoms in total. The van der Waals surface area contributed by atoms with Gasteiger partial charge in [-0.2, -0.15) is 0 Å². The van der Waals surface area contributed by atoms with Crippen LogP contribution in [0.25, 0.3) is 0 Å². The van der Waals surface area contributed by atoms with Crippen molar-refractivity contribution in [3.63, 3.8) is 0 Å². The molecule has 0 aliphatic heterocycles. The average molecular weight is 263 g/mol. The van der Waals surface area contributed by atoms with Crippen molar-refractivity contribution in [2.45, 2.75) is 53.0 Å². The fourth-order valence-corrected chi connectivity index (χ4v) is 2.24. The monoisotopic (exact) mass is 263 g/mol. The van der Waals surface area contributed by atoms with E-state index >= 15 is 0 Å². The van der Waals surface area contributed by atoms with Gasteiger partial charge in [0.2, 0.25) is 0 Å². The summed E-state index contributed by atoms with van der Waals surface area (Å²) in [5.74, 6) is 0. The van der Waals surface area contributed by atoms with Gasteiger partial charge in [0.25, 0.3) is 0 Å². The zero-order chi connectivity index (χ0) is 14.1. The van der Waals surface area contributed by atoms with Crippen molar-refractivity contribution >= 4 is 0 Å². The van der Waals surface area contributed by atoms with Gasteiger partial charge in [-0.15, -0.1) is 0 Å². The average Bonchev–Trinajstić information content (AvgIpc) is 2.39. The molecular weight excluding hydrogens is 234 g/mol. The van der Waals surface area contributed by atoms with Crippen molar-refractivity contribution in [1.82, 2.24) is 5.32 Å². The highest BCUT2D eigenvalue weighted by Gasteiger charge is 2.13. The summed E-state index contributed by atoms with van der Waals surface area (Å²) >= 11 is 0. The summed E-state index contributed by atoms with van der Waals surface area (Å²) in [6.45, 7) is 11.4. The normalized spacial score (nSPS) is 12.6. The Bertz CT molecular complexity index is 362. The van der Waals surface area contributed by atoms with Crippen LogP contribution in [0.4, 0.5) is 0 Å². The topological polar surface area (TPSA) is 21.3 Å². The molecule has 2 heteroatoms. The Morgan fingerprint density at radius 3 is 2.58 bits per heavy atom. The van der Waals surface area contributed by atoms with Gasteiger partial charge in [-0.1, -0.05) is 44.0 Å². The molecule has 108 valence electrons. The maximum Gasteiger partial charge on any atom is 0.0661 e. The van der Waals surface area contributed by atoms with E-state index in [0.29, 0.717) is 6.04 Å². The smallest absolute Gasteiger partial charge is 0.0661 e. The first kappa shape index (κ1) is 16.2. The van der Waals surface area contributed by atoms with Crippen LogP contribution in [0.5, 0.6) is 0 Å². The molecule has 0 amide bonds. The molecule has 0 aromatic heterocycles. The minimum atomic E-state index is 0.317. The maximum absolute atomic E-state index is 5.81. The maximum atomic E-state index is 5.81. The Morgan fingerprint density at radius 2 is 1.95 bits per heavy atom. The molecule has 1 rings (SSSR count). The highest BCUT2D eigenvalue weighted by Crippen LogP contribution is 2.19. The Balaban J connectivity index is 2.66. The molecule has 0 radical (unpaired) electrons. The molecule has 0 heterocycles. The van der Waals surface area contributed by atoms with Crippen molar-refractivity contribution < 1.29 is 4.74 Å². The lowest BCUT2D eigenvalue weighted by atomic mass is 9.99. The first-order chi connectivity index (χ1) is 9.19. The van der Waals surface area contributed by atoms with Gasteiger partial charge < -0.3 is 10.1 Å². The van der Waals surface area contributed by atoms with Crippen LogP contribution in [0.3, 0.4) is 0 Å². The van der Waals surface area contributed by atoms with Crippen LogP contribution in [0.15, 0.2) is 18.2 Å². The molecule has 1 aromatic carbocycles. The minimum Gasteiger partial charge on any atom is -0.379 e. The summed E-state index contributed by atoms with van der Waals surface area (Å²) in [4.78, 5) is 0. The quantitative estimate of drug-likeness (QED) is 0.675. The highest BCUT2D eigenvalue weighted by molar-refractivity contribution is 5.32. The number of benzene rings is 1. The fourth-order valence-electron chi connectivity index (χ4n) is 2.24. The highest BCUT2D eigenvalue weighted by atomic mass is 16.5. The van der Waals surface area contributed by atoms with E-state index in [1.54, 1.807) is 0 Å². The lowest BCUT2D eigenvalue weighted by Gasteiger charge is -2.21. The van der Waals surface area contributed by atoms with Gasteiger partial charge in [-0.25, -0.2) is 0 Å². The van der Waals surface area contributed by atoms with Crippen LogP contribution < -0.4 is 5.32 Å². The van der Waals surface area contributed by atoms with Gasteiger partial charge in [0.05, 0.1) is 12.6 Å². The number of hydrogen-bond acceptors (Lipinski definition) is 2. The molecule has 1 unspecified atom stereocenters. The second-order valence-electron chi connectivity index (χ2n) is 5.30. The van der Waals surface area contributed by atoms with Crippen LogP contribution >= 0.6 is 0 Å². The molecular formula is C17H29NO. The number of rotatable bonds is 9. The molecule has 19 heavy (non-hydrogen) atoms. The van der Waals surface area contributed by atoms with Gasteiger partial charge in [0.15, 0.2) is 0 Å². The second kappa shape index (κ2) is 9.11. The standard InChI is InChI=1S/C17H29NO/c1-5-7-11-19-13-17(18-10-6-2)16-9-8-14(3)12-15(16)4/h8-9,12,17-18H,5-7,10-11,13H2,1-4H3. The number of ether oxygens (including phenoxy) is 1. The fraction of sp³-hybridized carbons (Fsp3) is 0.647. The summed E-state index contributed by atoms with van der Waals surface area (Å²) in [5, 5.41) is 3.60. The van der Waals surface area contributed by atoms with E-state index in [2.05, 4.69) is 51.2 Å². The predicted molar refractivity (Wildman–Crippen MR) is 82.7 cm³/mol. The first-order valence-electron chi connectivity index (χ1n) is 7.57. The van der Waals surface area contributed by atoms with Crippen LogP contribution in [0.2, 0.25) is 0 Å². The molecule has 1 aromatic rings. The number of nitrogens with one attached hydrogen (secondary N) is 1. The number of hydrogen-bond donors (Lipinski definition) is 1. The van der Waals surface area contributed by atoms with Gasteiger partial charge in [-0.3, -0.25) is 0 Å².